The number of nitrogens with one attached hydrogen (secondary N) is 2. The molecule has 0 saturated heterocycles. The van der Waals surface area contributed by atoms with Gasteiger partial charge in [0.25, 0.3) is 5.56 Å². The maximum Gasteiger partial charge on any atom is 0.280 e. The van der Waals surface area contributed by atoms with Crippen LogP contribution in [-0.2, 0) is 0 Å². The Kier molecular flexibility index (Phi) is 4.74. The second kappa shape index (κ2) is 6.95. The highest BCUT2D eigenvalue weighted by Crippen LogP contribution is 2.14. The fraction of sp³-hybridized carbons (Fsp3) is 0.0588. The van der Waals surface area contributed by atoms with Gasteiger partial charge in [0.1, 0.15) is 0 Å². The molecule has 0 atom stereocenters. The van der Waals surface area contributed by atoms with E-state index in [4.69, 9.17) is 23.2 Å². The maximum atomic E-state index is 12.5. The Morgan fingerprint density at radius 2 is 1.88 bits per heavy atom. The van der Waals surface area contributed by atoms with Gasteiger partial charge in [-0.2, -0.15) is 5.10 Å². The molecule has 0 bridgehead atoms. The van der Waals surface area contributed by atoms with Crippen molar-refractivity contribution in [3.05, 3.63) is 80.2 Å². The van der Waals surface area contributed by atoms with Crippen LogP contribution in [0.5, 0.6) is 0 Å². The van der Waals surface area contributed by atoms with Gasteiger partial charge in [-0.1, -0.05) is 29.3 Å². The van der Waals surface area contributed by atoms with Crippen molar-refractivity contribution >= 4 is 35.1 Å². The number of hydrazone groups is 1. The third-order valence-electron chi connectivity index (χ3n) is 3.41. The Morgan fingerprint density at radius 1 is 1.12 bits per heavy atom. The van der Waals surface area contributed by atoms with Gasteiger partial charge in [0.2, 0.25) is 0 Å². The molecule has 0 aliphatic carbocycles. The summed E-state index contributed by atoms with van der Waals surface area (Å²) in [5, 5.41) is 8.34. The summed E-state index contributed by atoms with van der Waals surface area (Å²) in [6.45, 7) is 1.81. The summed E-state index contributed by atoms with van der Waals surface area (Å²) >= 11 is 11.8. The number of rotatable bonds is 4. The number of H-pyrrole nitrogens is 1. The van der Waals surface area contributed by atoms with Crippen molar-refractivity contribution < 1.29 is 0 Å². The van der Waals surface area contributed by atoms with E-state index >= 15 is 0 Å². The lowest BCUT2D eigenvalue weighted by atomic mass is 10.3. The Balaban J connectivity index is 1.85. The average Bonchev–Trinajstić information content (AvgIpc) is 2.85. The van der Waals surface area contributed by atoms with Crippen molar-refractivity contribution in [1.82, 2.24) is 9.78 Å². The molecule has 0 saturated carbocycles. The number of halogens is 2. The quantitative estimate of drug-likeness (QED) is 0.540. The zero-order chi connectivity index (χ0) is 17.1. The molecule has 122 valence electrons. The monoisotopic (exact) mass is 360 g/mol. The number of nitrogens with zero attached hydrogens (tertiary/aromatic N) is 2. The third kappa shape index (κ3) is 3.53. The van der Waals surface area contributed by atoms with Crippen LogP contribution in [0.4, 0.5) is 5.69 Å². The second-order valence-electron chi connectivity index (χ2n) is 5.15. The average molecular weight is 361 g/mol. The van der Waals surface area contributed by atoms with E-state index in [2.05, 4.69) is 15.6 Å². The fourth-order valence-corrected chi connectivity index (χ4v) is 2.51. The van der Waals surface area contributed by atoms with Gasteiger partial charge in [-0.05, 0) is 49.4 Å². The van der Waals surface area contributed by atoms with Gasteiger partial charge < -0.3 is 0 Å². The van der Waals surface area contributed by atoms with E-state index in [1.165, 1.54) is 10.9 Å². The molecule has 0 amide bonds. The van der Waals surface area contributed by atoms with Gasteiger partial charge in [-0.3, -0.25) is 15.3 Å². The van der Waals surface area contributed by atoms with E-state index in [9.17, 15) is 4.79 Å². The van der Waals surface area contributed by atoms with Crippen LogP contribution in [0.2, 0.25) is 10.0 Å². The molecular weight excluding hydrogens is 347 g/mol. The van der Waals surface area contributed by atoms with Crippen LogP contribution in [0.25, 0.3) is 5.69 Å². The summed E-state index contributed by atoms with van der Waals surface area (Å²) in [6, 6.07) is 14.2. The van der Waals surface area contributed by atoms with Gasteiger partial charge in [0.15, 0.2) is 0 Å². The highest BCUT2D eigenvalue weighted by molar-refractivity contribution is 6.31. The first kappa shape index (κ1) is 16.4. The molecule has 1 aromatic heterocycles. The Morgan fingerprint density at radius 3 is 2.58 bits per heavy atom. The molecule has 1 heterocycles. The van der Waals surface area contributed by atoms with Crippen LogP contribution in [0, 0.1) is 6.92 Å². The van der Waals surface area contributed by atoms with Gasteiger partial charge >= 0.3 is 0 Å². The van der Waals surface area contributed by atoms with E-state index in [0.717, 1.165) is 5.69 Å². The van der Waals surface area contributed by atoms with E-state index in [-0.39, 0.29) is 5.56 Å². The van der Waals surface area contributed by atoms with Crippen molar-refractivity contribution in [1.29, 1.82) is 0 Å². The van der Waals surface area contributed by atoms with Gasteiger partial charge in [-0.15, -0.1) is 0 Å². The van der Waals surface area contributed by atoms with E-state index in [1.807, 2.05) is 6.92 Å². The normalized spacial score (nSPS) is 11.1. The van der Waals surface area contributed by atoms with Crippen molar-refractivity contribution in [2.24, 2.45) is 5.10 Å². The van der Waals surface area contributed by atoms with E-state index in [1.54, 1.807) is 48.5 Å². The lowest BCUT2D eigenvalue weighted by Gasteiger charge is -2.01. The summed E-state index contributed by atoms with van der Waals surface area (Å²) in [5.41, 5.74) is 5.29. The zero-order valence-electron chi connectivity index (χ0n) is 12.8. The Hall–Kier alpha value is -2.50. The molecular formula is C17H14Cl2N4O. The predicted octanol–water partition coefficient (Wildman–Crippen LogP) is 4.23. The molecule has 0 fully saturated rings. The molecule has 24 heavy (non-hydrogen) atoms. The number of anilines is 1. The number of hydrogen-bond acceptors (Lipinski definition) is 3. The standard InChI is InChI=1S/C17H14Cl2N4O/c1-11-16(10-20-21-14-7-5-12(18)6-8-14)17(24)23(22-11)15-4-2-3-13(19)9-15/h2-10,21-22H,1H3. The van der Waals surface area contributed by atoms with Gasteiger partial charge in [0, 0.05) is 15.7 Å². The van der Waals surface area contributed by atoms with Crippen LogP contribution in [0.1, 0.15) is 11.3 Å². The lowest BCUT2D eigenvalue weighted by molar-refractivity contribution is 0.835. The maximum absolute atomic E-state index is 12.5. The van der Waals surface area contributed by atoms with E-state index < -0.39 is 0 Å². The molecule has 0 aliphatic heterocycles. The van der Waals surface area contributed by atoms with Crippen molar-refractivity contribution in [2.75, 3.05) is 5.43 Å². The number of benzene rings is 2. The Bertz CT molecular complexity index is 942. The summed E-state index contributed by atoms with van der Waals surface area (Å²) in [4.78, 5) is 12.5. The smallest absolute Gasteiger partial charge is 0.280 e. The SMILES string of the molecule is Cc1[nH]n(-c2cccc(Cl)c2)c(=O)c1C=NNc1ccc(Cl)cc1. The predicted molar refractivity (Wildman–Crippen MR) is 98.8 cm³/mol. The summed E-state index contributed by atoms with van der Waals surface area (Å²) in [5.74, 6) is 0. The largest absolute Gasteiger partial charge is 0.295 e. The van der Waals surface area contributed by atoms with Crippen molar-refractivity contribution in [3.8, 4) is 5.69 Å². The van der Waals surface area contributed by atoms with Gasteiger partial charge in [-0.25, -0.2) is 4.68 Å². The summed E-state index contributed by atoms with van der Waals surface area (Å²) < 4.78 is 1.44. The summed E-state index contributed by atoms with van der Waals surface area (Å²) in [7, 11) is 0. The molecule has 0 aliphatic rings. The number of aromatic nitrogens is 2. The molecule has 7 heteroatoms. The van der Waals surface area contributed by atoms with Crippen molar-refractivity contribution in [3.63, 3.8) is 0 Å². The zero-order valence-corrected chi connectivity index (χ0v) is 14.3. The fourth-order valence-electron chi connectivity index (χ4n) is 2.20. The lowest BCUT2D eigenvalue weighted by Crippen LogP contribution is -2.17. The number of aryl methyl sites for hydroxylation is 1. The molecule has 0 spiro atoms. The van der Waals surface area contributed by atoms with Crippen LogP contribution >= 0.6 is 23.2 Å². The van der Waals surface area contributed by atoms with Crippen LogP contribution in [0.3, 0.4) is 0 Å². The van der Waals surface area contributed by atoms with Crippen molar-refractivity contribution in [2.45, 2.75) is 6.92 Å². The summed E-state index contributed by atoms with van der Waals surface area (Å²) in [6.07, 6.45) is 1.49. The number of hydrogen-bond donors (Lipinski definition) is 2. The highest BCUT2D eigenvalue weighted by atomic mass is 35.5. The molecule has 2 aromatic carbocycles. The molecule has 0 unspecified atom stereocenters. The first-order chi connectivity index (χ1) is 11.5. The van der Waals surface area contributed by atoms with Crippen LogP contribution in [-0.4, -0.2) is 16.0 Å². The van der Waals surface area contributed by atoms with Crippen LogP contribution < -0.4 is 11.0 Å². The first-order valence-electron chi connectivity index (χ1n) is 7.17. The minimum absolute atomic E-state index is 0.198. The number of aromatic amines is 1. The molecule has 3 aromatic rings. The minimum atomic E-state index is -0.198. The van der Waals surface area contributed by atoms with Crippen LogP contribution in [0.15, 0.2) is 58.4 Å². The molecule has 5 nitrogen and oxygen atoms in total. The topological polar surface area (TPSA) is 62.2 Å². The second-order valence-corrected chi connectivity index (χ2v) is 6.02. The van der Waals surface area contributed by atoms with Gasteiger partial charge in [0.05, 0.1) is 23.2 Å². The molecule has 2 N–H and O–H groups in total. The Labute approximate surface area is 148 Å². The first-order valence-corrected chi connectivity index (χ1v) is 7.92. The molecule has 0 radical (unpaired) electrons. The third-order valence-corrected chi connectivity index (χ3v) is 3.90. The van der Waals surface area contributed by atoms with E-state index in [0.29, 0.717) is 27.0 Å². The molecule has 3 rings (SSSR count). The highest BCUT2D eigenvalue weighted by Gasteiger charge is 2.10. The minimum Gasteiger partial charge on any atom is -0.295 e.